The Bertz CT molecular complexity index is 353. The molecule has 2 fully saturated rings. The van der Waals surface area contributed by atoms with Gasteiger partial charge in [0.25, 0.3) is 0 Å². The third-order valence-electron chi connectivity index (χ3n) is 5.09. The molecular formula is C17H34N4OS. The first-order valence-corrected chi connectivity index (χ1v) is 10.5. The number of hydrogen-bond donors (Lipinski definition) is 2. The molecule has 0 spiro atoms. The fourth-order valence-electron chi connectivity index (χ4n) is 3.74. The van der Waals surface area contributed by atoms with E-state index in [1.165, 1.54) is 44.3 Å². The normalized spacial score (nSPS) is 22.8. The first-order chi connectivity index (χ1) is 11.3. The number of morpholine rings is 1. The lowest BCUT2D eigenvalue weighted by atomic mass is 9.80. The predicted molar refractivity (Wildman–Crippen MR) is 101 cm³/mol. The van der Waals surface area contributed by atoms with Gasteiger partial charge < -0.3 is 15.4 Å². The second-order valence-electron chi connectivity index (χ2n) is 6.58. The molecule has 0 bridgehead atoms. The number of nitrogens with zero attached hydrogens (tertiary/aromatic N) is 2. The van der Waals surface area contributed by atoms with E-state index in [0.29, 0.717) is 5.54 Å². The van der Waals surface area contributed by atoms with Gasteiger partial charge in [0.1, 0.15) is 0 Å². The van der Waals surface area contributed by atoms with E-state index in [2.05, 4.69) is 26.8 Å². The lowest BCUT2D eigenvalue weighted by Crippen LogP contribution is -2.60. The van der Waals surface area contributed by atoms with Gasteiger partial charge in [0.15, 0.2) is 5.96 Å². The van der Waals surface area contributed by atoms with Gasteiger partial charge in [-0.25, -0.2) is 0 Å². The van der Waals surface area contributed by atoms with Gasteiger partial charge in [-0.15, -0.1) is 0 Å². The Morgan fingerprint density at radius 1 is 1.17 bits per heavy atom. The Balaban J connectivity index is 1.86. The fourth-order valence-corrected chi connectivity index (χ4v) is 4.18. The predicted octanol–water partition coefficient (Wildman–Crippen LogP) is 1.94. The third-order valence-corrected chi connectivity index (χ3v) is 5.79. The van der Waals surface area contributed by atoms with Crippen LogP contribution in [0.1, 0.15) is 38.5 Å². The molecule has 0 amide bonds. The molecule has 0 aromatic rings. The zero-order chi connectivity index (χ0) is 16.4. The van der Waals surface area contributed by atoms with Crippen LogP contribution in [0.5, 0.6) is 0 Å². The molecule has 5 nitrogen and oxygen atoms in total. The molecule has 134 valence electrons. The summed E-state index contributed by atoms with van der Waals surface area (Å²) in [7, 11) is 1.87. The maximum Gasteiger partial charge on any atom is 0.191 e. The monoisotopic (exact) mass is 342 g/mol. The SMILES string of the molecule is CN=C(NCCCSC)NCC1(N2CCOCC2)CCCCC1. The Kier molecular flexibility index (Phi) is 8.55. The van der Waals surface area contributed by atoms with Crippen molar-refractivity contribution in [2.24, 2.45) is 4.99 Å². The molecule has 2 rings (SSSR count). The molecule has 23 heavy (non-hydrogen) atoms. The zero-order valence-electron chi connectivity index (χ0n) is 14.9. The summed E-state index contributed by atoms with van der Waals surface area (Å²) in [5.74, 6) is 2.14. The van der Waals surface area contributed by atoms with Gasteiger partial charge >= 0.3 is 0 Å². The molecule has 6 heteroatoms. The van der Waals surface area contributed by atoms with E-state index in [-0.39, 0.29) is 0 Å². The van der Waals surface area contributed by atoms with Gasteiger partial charge in [-0.2, -0.15) is 11.8 Å². The molecule has 1 saturated carbocycles. The lowest BCUT2D eigenvalue weighted by molar-refractivity contribution is -0.0352. The van der Waals surface area contributed by atoms with E-state index in [1.807, 2.05) is 18.8 Å². The fraction of sp³-hybridized carbons (Fsp3) is 0.941. The van der Waals surface area contributed by atoms with Crippen LogP contribution in [0.2, 0.25) is 0 Å². The number of guanidine groups is 1. The molecule has 1 aliphatic carbocycles. The van der Waals surface area contributed by atoms with Crippen LogP contribution < -0.4 is 10.6 Å². The number of nitrogens with one attached hydrogen (secondary N) is 2. The van der Waals surface area contributed by atoms with Crippen LogP contribution in [0, 0.1) is 0 Å². The van der Waals surface area contributed by atoms with Gasteiger partial charge in [0.2, 0.25) is 0 Å². The van der Waals surface area contributed by atoms with Crippen LogP contribution in [-0.2, 0) is 4.74 Å². The van der Waals surface area contributed by atoms with Gasteiger partial charge in [-0.1, -0.05) is 19.3 Å². The van der Waals surface area contributed by atoms with E-state index in [0.717, 1.165) is 45.4 Å². The lowest BCUT2D eigenvalue weighted by Gasteiger charge is -2.48. The summed E-state index contributed by atoms with van der Waals surface area (Å²) in [6.45, 7) is 5.88. The Morgan fingerprint density at radius 2 is 1.91 bits per heavy atom. The van der Waals surface area contributed by atoms with E-state index in [1.54, 1.807) is 0 Å². The highest BCUT2D eigenvalue weighted by molar-refractivity contribution is 7.98. The second-order valence-corrected chi connectivity index (χ2v) is 7.57. The van der Waals surface area contributed by atoms with Crippen molar-refractivity contribution < 1.29 is 4.74 Å². The zero-order valence-corrected chi connectivity index (χ0v) is 15.7. The third kappa shape index (κ3) is 5.84. The van der Waals surface area contributed by atoms with Gasteiger partial charge in [-0.05, 0) is 31.3 Å². The van der Waals surface area contributed by atoms with Gasteiger partial charge in [0.05, 0.1) is 13.2 Å². The minimum atomic E-state index is 0.291. The molecule has 1 aliphatic heterocycles. The van der Waals surface area contributed by atoms with E-state index >= 15 is 0 Å². The smallest absolute Gasteiger partial charge is 0.191 e. The van der Waals surface area contributed by atoms with Crippen LogP contribution in [-0.4, -0.2) is 74.8 Å². The van der Waals surface area contributed by atoms with Crippen molar-refractivity contribution in [1.29, 1.82) is 0 Å². The molecule has 0 aromatic carbocycles. The average Bonchev–Trinajstić information content (AvgIpc) is 2.63. The number of aliphatic imine (C=N–C) groups is 1. The number of rotatable bonds is 7. The van der Waals surface area contributed by atoms with Crippen molar-refractivity contribution >= 4 is 17.7 Å². The van der Waals surface area contributed by atoms with E-state index in [9.17, 15) is 0 Å². The Labute approximate surface area is 146 Å². The van der Waals surface area contributed by atoms with Crippen LogP contribution in [0.4, 0.5) is 0 Å². The molecule has 1 saturated heterocycles. The van der Waals surface area contributed by atoms with E-state index < -0.39 is 0 Å². The second kappa shape index (κ2) is 10.4. The van der Waals surface area contributed by atoms with Crippen LogP contribution in [0.25, 0.3) is 0 Å². The van der Waals surface area contributed by atoms with Crippen LogP contribution >= 0.6 is 11.8 Å². The highest BCUT2D eigenvalue weighted by atomic mass is 32.2. The minimum absolute atomic E-state index is 0.291. The molecule has 0 atom stereocenters. The van der Waals surface area contributed by atoms with Crippen molar-refractivity contribution in [3.8, 4) is 0 Å². The number of ether oxygens (including phenoxy) is 1. The summed E-state index contributed by atoms with van der Waals surface area (Å²) in [6.07, 6.45) is 10.00. The largest absolute Gasteiger partial charge is 0.379 e. The molecule has 0 radical (unpaired) electrons. The molecule has 2 aliphatic rings. The number of hydrogen-bond acceptors (Lipinski definition) is 4. The molecule has 0 unspecified atom stereocenters. The first kappa shape index (κ1) is 18.9. The van der Waals surface area contributed by atoms with Gasteiger partial charge in [0, 0.05) is 38.8 Å². The minimum Gasteiger partial charge on any atom is -0.379 e. The maximum absolute atomic E-state index is 5.56. The summed E-state index contributed by atoms with van der Waals surface area (Å²) < 4.78 is 5.56. The van der Waals surface area contributed by atoms with Crippen molar-refractivity contribution in [3.63, 3.8) is 0 Å². The molecule has 0 aromatic heterocycles. The van der Waals surface area contributed by atoms with Crippen LogP contribution in [0.15, 0.2) is 4.99 Å². The highest BCUT2D eigenvalue weighted by Gasteiger charge is 2.38. The summed E-state index contributed by atoms with van der Waals surface area (Å²) in [5.41, 5.74) is 0.291. The molecular weight excluding hydrogens is 308 g/mol. The molecule has 2 N–H and O–H groups in total. The van der Waals surface area contributed by atoms with Crippen molar-refractivity contribution in [3.05, 3.63) is 0 Å². The standard InChI is InChI=1S/C17H34N4OS/c1-18-16(19-9-6-14-23-2)20-15-17(7-4-3-5-8-17)21-10-12-22-13-11-21/h3-15H2,1-2H3,(H2,18,19,20). The van der Waals surface area contributed by atoms with E-state index in [4.69, 9.17) is 4.74 Å². The van der Waals surface area contributed by atoms with Crippen LogP contribution in [0.3, 0.4) is 0 Å². The van der Waals surface area contributed by atoms with Gasteiger partial charge in [-0.3, -0.25) is 9.89 Å². The summed E-state index contributed by atoms with van der Waals surface area (Å²) in [4.78, 5) is 7.06. The molecule has 1 heterocycles. The summed E-state index contributed by atoms with van der Waals surface area (Å²) in [5, 5.41) is 7.05. The number of thioether (sulfide) groups is 1. The topological polar surface area (TPSA) is 48.9 Å². The van der Waals surface area contributed by atoms with Crippen molar-refractivity contribution in [1.82, 2.24) is 15.5 Å². The summed E-state index contributed by atoms with van der Waals surface area (Å²) >= 11 is 1.90. The Hall–Kier alpha value is -0.460. The maximum atomic E-state index is 5.56. The summed E-state index contributed by atoms with van der Waals surface area (Å²) in [6, 6.07) is 0. The Morgan fingerprint density at radius 3 is 2.57 bits per heavy atom. The first-order valence-electron chi connectivity index (χ1n) is 9.07. The highest BCUT2D eigenvalue weighted by Crippen LogP contribution is 2.33. The van der Waals surface area contributed by atoms with Crippen molar-refractivity contribution in [2.45, 2.75) is 44.1 Å². The quantitative estimate of drug-likeness (QED) is 0.421. The van der Waals surface area contributed by atoms with Crippen molar-refractivity contribution in [2.75, 3.05) is 58.4 Å². The average molecular weight is 343 g/mol.